The van der Waals surface area contributed by atoms with E-state index in [4.69, 9.17) is 0 Å². The summed E-state index contributed by atoms with van der Waals surface area (Å²) in [4.78, 5) is 18.5. The summed E-state index contributed by atoms with van der Waals surface area (Å²) in [5.74, 6) is -0.0541. The fraction of sp³-hybridized carbons (Fsp3) is 0.333. The Balaban J connectivity index is 1.79. The van der Waals surface area contributed by atoms with Crippen molar-refractivity contribution in [1.82, 2.24) is 10.3 Å². The number of nitrogens with zero attached hydrogens (tertiary/aromatic N) is 1. The number of amides is 1. The summed E-state index contributed by atoms with van der Waals surface area (Å²) in [6.45, 7) is 3.78. The average Bonchev–Trinajstić information content (AvgIpc) is 2.94. The Morgan fingerprint density at radius 1 is 1.56 bits per heavy atom. The van der Waals surface area contributed by atoms with Crippen molar-refractivity contribution in [3.63, 3.8) is 0 Å². The standard InChI is InChI=1S/C12H13N3OS2/c1-7-3-5-17-10(7)11(16)15-12-14-8-2-4-13-6-9(8)18-12/h3,5,13H,2,4,6H2,1H3,(H,14,15,16). The first-order chi connectivity index (χ1) is 8.74. The number of nitrogens with one attached hydrogen (secondary N) is 2. The second-order valence-corrected chi connectivity index (χ2v) is 6.20. The minimum atomic E-state index is -0.0541. The third kappa shape index (κ3) is 2.19. The third-order valence-corrected chi connectivity index (χ3v) is 4.92. The Bertz CT molecular complexity index is 564. The molecule has 18 heavy (non-hydrogen) atoms. The van der Waals surface area contributed by atoms with Crippen molar-refractivity contribution in [2.45, 2.75) is 19.9 Å². The van der Waals surface area contributed by atoms with E-state index in [1.807, 2.05) is 18.4 Å². The zero-order chi connectivity index (χ0) is 12.5. The Kier molecular flexibility index (Phi) is 3.15. The van der Waals surface area contributed by atoms with Gasteiger partial charge in [0, 0.05) is 24.4 Å². The van der Waals surface area contributed by atoms with E-state index >= 15 is 0 Å². The van der Waals surface area contributed by atoms with Gasteiger partial charge in [0.2, 0.25) is 0 Å². The smallest absolute Gasteiger partial charge is 0.267 e. The first kappa shape index (κ1) is 11.8. The van der Waals surface area contributed by atoms with Crippen LogP contribution in [0, 0.1) is 6.92 Å². The van der Waals surface area contributed by atoms with Crippen LogP contribution in [0.1, 0.15) is 25.8 Å². The second-order valence-electron chi connectivity index (χ2n) is 4.20. The lowest BCUT2D eigenvalue weighted by atomic mass is 10.2. The highest BCUT2D eigenvalue weighted by Crippen LogP contribution is 2.26. The topological polar surface area (TPSA) is 54.0 Å². The summed E-state index contributed by atoms with van der Waals surface area (Å²) in [5, 5.41) is 8.84. The highest BCUT2D eigenvalue weighted by molar-refractivity contribution is 7.16. The molecule has 3 heterocycles. The van der Waals surface area contributed by atoms with Gasteiger partial charge in [-0.1, -0.05) is 0 Å². The molecule has 94 valence electrons. The molecule has 0 atom stereocenters. The Labute approximate surface area is 113 Å². The first-order valence-corrected chi connectivity index (χ1v) is 7.48. The number of hydrogen-bond acceptors (Lipinski definition) is 5. The van der Waals surface area contributed by atoms with Crippen LogP contribution in [0.4, 0.5) is 5.13 Å². The van der Waals surface area contributed by atoms with Crippen LogP contribution in [0.3, 0.4) is 0 Å². The van der Waals surface area contributed by atoms with E-state index in [-0.39, 0.29) is 5.91 Å². The van der Waals surface area contributed by atoms with Gasteiger partial charge in [0.1, 0.15) is 0 Å². The van der Waals surface area contributed by atoms with E-state index in [2.05, 4.69) is 15.6 Å². The molecule has 0 fully saturated rings. The molecule has 0 aromatic carbocycles. The fourth-order valence-electron chi connectivity index (χ4n) is 1.94. The van der Waals surface area contributed by atoms with Crippen LogP contribution in [-0.4, -0.2) is 17.4 Å². The quantitative estimate of drug-likeness (QED) is 0.887. The lowest BCUT2D eigenvalue weighted by molar-refractivity contribution is 0.103. The van der Waals surface area contributed by atoms with Crippen LogP contribution < -0.4 is 10.6 Å². The maximum absolute atomic E-state index is 12.1. The molecule has 0 spiro atoms. The van der Waals surface area contributed by atoms with Crippen LogP contribution in [-0.2, 0) is 13.0 Å². The number of hydrogen-bond donors (Lipinski definition) is 2. The summed E-state index contributed by atoms with van der Waals surface area (Å²) >= 11 is 3.03. The van der Waals surface area contributed by atoms with Gasteiger partial charge in [-0.05, 0) is 23.9 Å². The number of rotatable bonds is 2. The van der Waals surface area contributed by atoms with Crippen molar-refractivity contribution in [3.05, 3.63) is 32.5 Å². The number of thiophene rings is 1. The molecule has 3 rings (SSSR count). The van der Waals surface area contributed by atoms with Crippen molar-refractivity contribution in [3.8, 4) is 0 Å². The summed E-state index contributed by atoms with van der Waals surface area (Å²) in [6, 6.07) is 1.95. The lowest BCUT2D eigenvalue weighted by Crippen LogP contribution is -2.22. The summed E-state index contributed by atoms with van der Waals surface area (Å²) in [5.41, 5.74) is 2.14. The van der Waals surface area contributed by atoms with Gasteiger partial charge in [0.05, 0.1) is 10.6 Å². The molecule has 2 aromatic heterocycles. The molecule has 0 radical (unpaired) electrons. The third-order valence-electron chi connectivity index (χ3n) is 2.89. The van der Waals surface area contributed by atoms with E-state index in [0.717, 1.165) is 35.6 Å². The van der Waals surface area contributed by atoms with E-state index in [9.17, 15) is 4.79 Å². The fourth-order valence-corrected chi connectivity index (χ4v) is 3.73. The molecule has 0 aliphatic carbocycles. The zero-order valence-electron chi connectivity index (χ0n) is 9.95. The SMILES string of the molecule is Cc1ccsc1C(=O)Nc1nc2c(s1)CNCC2. The van der Waals surface area contributed by atoms with E-state index in [1.54, 1.807) is 11.3 Å². The number of aromatic nitrogens is 1. The molecular weight excluding hydrogens is 266 g/mol. The van der Waals surface area contributed by atoms with Crippen molar-refractivity contribution >= 4 is 33.7 Å². The monoisotopic (exact) mass is 279 g/mol. The van der Waals surface area contributed by atoms with Gasteiger partial charge >= 0.3 is 0 Å². The highest BCUT2D eigenvalue weighted by Gasteiger charge is 2.17. The van der Waals surface area contributed by atoms with Crippen LogP contribution in [0.25, 0.3) is 0 Å². The Hall–Kier alpha value is -1.24. The van der Waals surface area contributed by atoms with Gasteiger partial charge in [-0.15, -0.1) is 22.7 Å². The molecule has 1 aliphatic heterocycles. The maximum Gasteiger partial charge on any atom is 0.267 e. The van der Waals surface area contributed by atoms with Gasteiger partial charge in [-0.2, -0.15) is 0 Å². The number of anilines is 1. The molecule has 2 N–H and O–H groups in total. The first-order valence-electron chi connectivity index (χ1n) is 5.79. The highest BCUT2D eigenvalue weighted by atomic mass is 32.1. The van der Waals surface area contributed by atoms with Crippen LogP contribution in [0.2, 0.25) is 0 Å². The number of fused-ring (bicyclic) bond motifs is 1. The van der Waals surface area contributed by atoms with Gasteiger partial charge in [-0.25, -0.2) is 4.98 Å². The molecule has 4 nitrogen and oxygen atoms in total. The normalized spacial score (nSPS) is 14.3. The van der Waals surface area contributed by atoms with Gasteiger partial charge in [-0.3, -0.25) is 10.1 Å². The van der Waals surface area contributed by atoms with E-state index < -0.39 is 0 Å². The lowest BCUT2D eigenvalue weighted by Gasteiger charge is -2.09. The molecular formula is C12H13N3OS2. The average molecular weight is 279 g/mol. The van der Waals surface area contributed by atoms with E-state index in [0.29, 0.717) is 5.13 Å². The van der Waals surface area contributed by atoms with Gasteiger partial charge in [0.25, 0.3) is 5.91 Å². The molecule has 6 heteroatoms. The van der Waals surface area contributed by atoms with Crippen LogP contribution in [0.15, 0.2) is 11.4 Å². The van der Waals surface area contributed by atoms with Crippen LogP contribution in [0.5, 0.6) is 0 Å². The number of carbonyl (C=O) groups excluding carboxylic acids is 1. The van der Waals surface area contributed by atoms with Crippen LogP contribution >= 0.6 is 22.7 Å². The van der Waals surface area contributed by atoms with Crippen molar-refractivity contribution in [2.24, 2.45) is 0 Å². The molecule has 0 saturated heterocycles. The molecule has 2 aromatic rings. The van der Waals surface area contributed by atoms with Gasteiger partial charge in [0.15, 0.2) is 5.13 Å². The molecule has 1 amide bonds. The molecule has 0 saturated carbocycles. The molecule has 0 bridgehead atoms. The van der Waals surface area contributed by atoms with Crippen molar-refractivity contribution < 1.29 is 4.79 Å². The van der Waals surface area contributed by atoms with Gasteiger partial charge < -0.3 is 5.32 Å². The second kappa shape index (κ2) is 4.79. The summed E-state index contributed by atoms with van der Waals surface area (Å²) in [6.07, 6.45) is 0.944. The number of aryl methyl sites for hydroxylation is 1. The Morgan fingerprint density at radius 3 is 3.17 bits per heavy atom. The predicted octanol–water partition coefficient (Wildman–Crippen LogP) is 2.41. The minimum absolute atomic E-state index is 0.0541. The largest absolute Gasteiger partial charge is 0.311 e. The Morgan fingerprint density at radius 2 is 2.44 bits per heavy atom. The number of carbonyl (C=O) groups is 1. The molecule has 0 unspecified atom stereocenters. The predicted molar refractivity (Wildman–Crippen MR) is 74.5 cm³/mol. The zero-order valence-corrected chi connectivity index (χ0v) is 11.6. The number of thiazole rings is 1. The van der Waals surface area contributed by atoms with E-state index in [1.165, 1.54) is 16.2 Å². The minimum Gasteiger partial charge on any atom is -0.311 e. The molecule has 1 aliphatic rings. The summed E-state index contributed by atoms with van der Waals surface area (Å²) < 4.78 is 0. The summed E-state index contributed by atoms with van der Waals surface area (Å²) in [7, 11) is 0. The van der Waals surface area contributed by atoms with Crippen molar-refractivity contribution in [1.29, 1.82) is 0 Å². The maximum atomic E-state index is 12.1. The van der Waals surface area contributed by atoms with Crippen molar-refractivity contribution in [2.75, 3.05) is 11.9 Å².